The Hall–Kier alpha value is -0.610. The van der Waals surface area contributed by atoms with Gasteiger partial charge in [0.15, 0.2) is 5.11 Å². The maximum absolute atomic E-state index is 5.39. The summed E-state index contributed by atoms with van der Waals surface area (Å²) in [5.74, 6) is 1.79. The van der Waals surface area contributed by atoms with Crippen LogP contribution in [0.5, 0.6) is 0 Å². The topological polar surface area (TPSA) is 24.1 Å². The van der Waals surface area contributed by atoms with Gasteiger partial charge in [-0.1, -0.05) is 28.4 Å². The van der Waals surface area contributed by atoms with Crippen LogP contribution in [-0.4, -0.2) is 11.2 Å². The van der Waals surface area contributed by atoms with Crippen LogP contribution in [0.4, 0.5) is 5.69 Å². The number of fused-ring (bicyclic) bond motifs is 2. The van der Waals surface area contributed by atoms with Crippen LogP contribution in [0.25, 0.3) is 0 Å². The SMILES string of the molecule is S=C(Nc1cccc(Br)c1)N[C@@H]1C[C@H]2CC[C@H]1C2. The van der Waals surface area contributed by atoms with Gasteiger partial charge in [0.2, 0.25) is 0 Å². The van der Waals surface area contributed by atoms with Crippen molar-refractivity contribution in [1.29, 1.82) is 0 Å². The first kappa shape index (κ1) is 12.4. The third kappa shape index (κ3) is 2.69. The normalized spacial score (nSPS) is 29.3. The number of benzene rings is 1. The highest BCUT2D eigenvalue weighted by atomic mass is 79.9. The van der Waals surface area contributed by atoms with Crippen LogP contribution in [0.1, 0.15) is 25.7 Å². The summed E-state index contributed by atoms with van der Waals surface area (Å²) in [4.78, 5) is 0. The van der Waals surface area contributed by atoms with Gasteiger partial charge in [-0.05, 0) is 61.5 Å². The highest BCUT2D eigenvalue weighted by Crippen LogP contribution is 2.44. The molecule has 2 aliphatic rings. The minimum absolute atomic E-state index is 0.593. The number of rotatable bonds is 2. The van der Waals surface area contributed by atoms with Crippen LogP contribution in [0.15, 0.2) is 28.7 Å². The number of nitrogens with one attached hydrogen (secondary N) is 2. The molecule has 1 aromatic rings. The third-order valence-corrected chi connectivity index (χ3v) is 4.85. The molecule has 0 radical (unpaired) electrons. The van der Waals surface area contributed by atoms with E-state index in [9.17, 15) is 0 Å². The quantitative estimate of drug-likeness (QED) is 0.806. The summed E-state index contributed by atoms with van der Waals surface area (Å²) in [7, 11) is 0. The van der Waals surface area contributed by atoms with Gasteiger partial charge in [0, 0.05) is 16.2 Å². The molecule has 4 heteroatoms. The molecule has 18 heavy (non-hydrogen) atoms. The largest absolute Gasteiger partial charge is 0.359 e. The van der Waals surface area contributed by atoms with Crippen molar-refractivity contribution < 1.29 is 0 Å². The molecule has 0 aliphatic heterocycles. The summed E-state index contributed by atoms with van der Waals surface area (Å²) >= 11 is 8.86. The van der Waals surface area contributed by atoms with Gasteiger partial charge >= 0.3 is 0 Å². The third-order valence-electron chi connectivity index (χ3n) is 4.14. The van der Waals surface area contributed by atoms with Crippen LogP contribution in [0, 0.1) is 11.8 Å². The van der Waals surface area contributed by atoms with Crippen LogP contribution in [0.3, 0.4) is 0 Å². The summed E-state index contributed by atoms with van der Waals surface area (Å²) in [6, 6.07) is 8.68. The maximum Gasteiger partial charge on any atom is 0.171 e. The maximum atomic E-state index is 5.39. The zero-order valence-electron chi connectivity index (χ0n) is 10.2. The van der Waals surface area contributed by atoms with Crippen LogP contribution in [0.2, 0.25) is 0 Å². The summed E-state index contributed by atoms with van der Waals surface area (Å²) in [5.41, 5.74) is 1.03. The molecule has 0 aromatic heterocycles. The van der Waals surface area contributed by atoms with E-state index in [-0.39, 0.29) is 0 Å². The Balaban J connectivity index is 1.56. The van der Waals surface area contributed by atoms with E-state index in [1.165, 1.54) is 25.7 Å². The van der Waals surface area contributed by atoms with E-state index in [1.807, 2.05) is 24.3 Å². The highest BCUT2D eigenvalue weighted by molar-refractivity contribution is 9.10. The molecule has 3 rings (SSSR count). The molecule has 0 heterocycles. The Morgan fingerprint density at radius 3 is 2.83 bits per heavy atom. The molecule has 2 nitrogen and oxygen atoms in total. The van der Waals surface area contributed by atoms with Crippen molar-refractivity contribution in [2.24, 2.45) is 11.8 Å². The van der Waals surface area contributed by atoms with Crippen molar-refractivity contribution in [2.75, 3.05) is 5.32 Å². The number of thiocarbonyl (C=S) groups is 1. The molecule has 2 N–H and O–H groups in total. The Morgan fingerprint density at radius 1 is 1.28 bits per heavy atom. The second kappa shape index (κ2) is 5.17. The molecule has 2 fully saturated rings. The summed E-state index contributed by atoms with van der Waals surface area (Å²) < 4.78 is 1.07. The van der Waals surface area contributed by atoms with E-state index < -0.39 is 0 Å². The van der Waals surface area contributed by atoms with E-state index in [0.29, 0.717) is 6.04 Å². The van der Waals surface area contributed by atoms with Crippen molar-refractivity contribution in [3.63, 3.8) is 0 Å². The Labute approximate surface area is 122 Å². The standard InChI is InChI=1S/C14H17BrN2S/c15-11-2-1-3-12(8-11)16-14(18)17-13-7-9-4-5-10(13)6-9/h1-3,8-10,13H,4-7H2,(H2,16,17,18)/t9-,10-,13+/m0/s1. The van der Waals surface area contributed by atoms with Gasteiger partial charge in [-0.2, -0.15) is 0 Å². The first-order valence-electron chi connectivity index (χ1n) is 6.54. The van der Waals surface area contributed by atoms with Crippen LogP contribution < -0.4 is 10.6 Å². The number of anilines is 1. The zero-order chi connectivity index (χ0) is 12.5. The van der Waals surface area contributed by atoms with Crippen molar-refractivity contribution >= 4 is 38.9 Å². The van der Waals surface area contributed by atoms with Gasteiger partial charge in [0.25, 0.3) is 0 Å². The van der Waals surface area contributed by atoms with E-state index in [4.69, 9.17) is 12.2 Å². The monoisotopic (exact) mass is 324 g/mol. The lowest BCUT2D eigenvalue weighted by Crippen LogP contribution is -2.40. The van der Waals surface area contributed by atoms with E-state index >= 15 is 0 Å². The average Bonchev–Trinajstić information content (AvgIpc) is 2.90. The summed E-state index contributed by atoms with van der Waals surface area (Å²) in [6.45, 7) is 0. The molecule has 3 atom stereocenters. The first-order valence-corrected chi connectivity index (χ1v) is 7.74. The number of hydrogen-bond acceptors (Lipinski definition) is 1. The second-order valence-electron chi connectivity index (χ2n) is 5.39. The van der Waals surface area contributed by atoms with Crippen LogP contribution in [-0.2, 0) is 0 Å². The van der Waals surface area contributed by atoms with Crippen molar-refractivity contribution in [3.05, 3.63) is 28.7 Å². The molecule has 96 valence electrons. The fraction of sp³-hybridized carbons (Fsp3) is 0.500. The molecule has 2 aliphatic carbocycles. The van der Waals surface area contributed by atoms with Crippen LogP contribution >= 0.6 is 28.1 Å². The second-order valence-corrected chi connectivity index (χ2v) is 6.71. The molecule has 0 unspecified atom stereocenters. The van der Waals surface area contributed by atoms with Gasteiger partial charge in [0.1, 0.15) is 0 Å². The van der Waals surface area contributed by atoms with Crippen molar-refractivity contribution in [2.45, 2.75) is 31.7 Å². The number of halogens is 1. The molecule has 2 bridgehead atoms. The smallest absolute Gasteiger partial charge is 0.171 e. The summed E-state index contributed by atoms with van der Waals surface area (Å²) in [6.07, 6.45) is 5.50. The lowest BCUT2D eigenvalue weighted by Gasteiger charge is -2.24. The molecule has 1 aromatic carbocycles. The Kier molecular flexibility index (Phi) is 3.57. The lowest BCUT2D eigenvalue weighted by atomic mass is 9.96. The molecular weight excluding hydrogens is 308 g/mol. The minimum atomic E-state index is 0.593. The van der Waals surface area contributed by atoms with Gasteiger partial charge in [-0.3, -0.25) is 0 Å². The van der Waals surface area contributed by atoms with Gasteiger partial charge in [-0.25, -0.2) is 0 Å². The van der Waals surface area contributed by atoms with E-state index in [1.54, 1.807) is 0 Å². The molecular formula is C14H17BrN2S. The van der Waals surface area contributed by atoms with E-state index in [0.717, 1.165) is 27.1 Å². The van der Waals surface area contributed by atoms with Gasteiger partial charge in [0.05, 0.1) is 0 Å². The predicted octanol–water partition coefficient (Wildman–Crippen LogP) is 3.92. The highest BCUT2D eigenvalue weighted by Gasteiger charge is 2.39. The van der Waals surface area contributed by atoms with Gasteiger partial charge in [-0.15, -0.1) is 0 Å². The average molecular weight is 325 g/mol. The summed E-state index contributed by atoms with van der Waals surface area (Å²) in [5, 5.41) is 7.50. The minimum Gasteiger partial charge on any atom is -0.359 e. The molecule has 0 amide bonds. The molecule has 0 saturated heterocycles. The Morgan fingerprint density at radius 2 is 2.17 bits per heavy atom. The molecule has 2 saturated carbocycles. The van der Waals surface area contributed by atoms with E-state index in [2.05, 4.69) is 26.6 Å². The zero-order valence-corrected chi connectivity index (χ0v) is 12.6. The first-order chi connectivity index (χ1) is 8.70. The van der Waals surface area contributed by atoms with Crippen molar-refractivity contribution in [1.82, 2.24) is 5.32 Å². The lowest BCUT2D eigenvalue weighted by molar-refractivity contribution is 0.392. The van der Waals surface area contributed by atoms with Crippen molar-refractivity contribution in [3.8, 4) is 0 Å². The number of hydrogen-bond donors (Lipinski definition) is 2. The van der Waals surface area contributed by atoms with Gasteiger partial charge < -0.3 is 10.6 Å². The fourth-order valence-corrected chi connectivity index (χ4v) is 3.99. The molecule has 0 spiro atoms. The Bertz CT molecular complexity index is 463. The predicted molar refractivity (Wildman–Crippen MR) is 82.7 cm³/mol. The fourth-order valence-electron chi connectivity index (χ4n) is 3.32.